The normalized spacial score (nSPS) is 12.9. The number of halogens is 1. The van der Waals surface area contributed by atoms with Crippen LogP contribution in [0, 0.1) is 24.1 Å². The minimum atomic E-state index is -0.867. The molecule has 0 heterocycles. The van der Waals surface area contributed by atoms with Gasteiger partial charge in [0.25, 0.3) is 0 Å². The summed E-state index contributed by atoms with van der Waals surface area (Å²) in [5.74, 6) is -2.11. The monoisotopic (exact) mass is 324 g/mol. The number of aliphatic hydroxyl groups excluding tert-OH is 1. The summed E-state index contributed by atoms with van der Waals surface area (Å²) in [5, 5.41) is 15.0. The van der Waals surface area contributed by atoms with Gasteiger partial charge in [0.2, 0.25) is 0 Å². The quantitative estimate of drug-likeness (QED) is 0.727. The number of benzene rings is 1. The van der Waals surface area contributed by atoms with Gasteiger partial charge in [-0.25, -0.2) is 4.39 Å². The first-order chi connectivity index (χ1) is 10.6. The lowest BCUT2D eigenvalue weighted by Crippen LogP contribution is -2.46. The number of hydrogen-bond donors (Lipinski definition) is 3. The first-order valence-electron chi connectivity index (χ1n) is 7.58. The molecule has 0 fully saturated rings. The van der Waals surface area contributed by atoms with Gasteiger partial charge in [-0.3, -0.25) is 9.59 Å². The largest absolute Gasteiger partial charge is 0.392 e. The van der Waals surface area contributed by atoms with Crippen molar-refractivity contribution >= 4 is 17.5 Å². The van der Waals surface area contributed by atoms with Crippen molar-refractivity contribution in [3.63, 3.8) is 0 Å². The van der Waals surface area contributed by atoms with E-state index in [9.17, 15) is 19.1 Å². The van der Waals surface area contributed by atoms with E-state index in [0.29, 0.717) is 0 Å². The summed E-state index contributed by atoms with van der Waals surface area (Å²) in [5.41, 5.74) is -0.0466. The van der Waals surface area contributed by atoms with Crippen molar-refractivity contribution in [3.8, 4) is 0 Å². The van der Waals surface area contributed by atoms with Crippen LogP contribution in [0.5, 0.6) is 0 Å². The molecule has 0 aliphatic rings. The maximum absolute atomic E-state index is 13.4. The Balaban J connectivity index is 2.65. The summed E-state index contributed by atoms with van der Waals surface area (Å²) < 4.78 is 13.4. The highest BCUT2D eigenvalue weighted by atomic mass is 19.1. The fourth-order valence-electron chi connectivity index (χ4n) is 2.32. The molecule has 0 aliphatic carbocycles. The van der Waals surface area contributed by atoms with Gasteiger partial charge in [-0.1, -0.05) is 33.8 Å². The Labute approximate surface area is 136 Å². The fraction of sp³-hybridized carbons (Fsp3) is 0.529. The van der Waals surface area contributed by atoms with E-state index in [1.807, 2.05) is 27.7 Å². The van der Waals surface area contributed by atoms with Crippen molar-refractivity contribution in [2.24, 2.45) is 11.3 Å². The Morgan fingerprint density at radius 3 is 2.43 bits per heavy atom. The van der Waals surface area contributed by atoms with Crippen LogP contribution < -0.4 is 10.6 Å². The van der Waals surface area contributed by atoms with Gasteiger partial charge < -0.3 is 15.7 Å². The van der Waals surface area contributed by atoms with Crippen molar-refractivity contribution in [1.82, 2.24) is 5.32 Å². The molecule has 1 aromatic carbocycles. The van der Waals surface area contributed by atoms with Crippen molar-refractivity contribution in [2.45, 2.75) is 40.7 Å². The molecule has 1 rings (SSSR count). The maximum Gasteiger partial charge on any atom is 0.313 e. The van der Waals surface area contributed by atoms with Gasteiger partial charge >= 0.3 is 11.8 Å². The lowest BCUT2D eigenvalue weighted by Gasteiger charge is -2.33. The highest BCUT2D eigenvalue weighted by Gasteiger charge is 2.31. The molecular formula is C17H25FN2O3. The second-order valence-corrected chi connectivity index (χ2v) is 6.73. The fourth-order valence-corrected chi connectivity index (χ4v) is 2.32. The summed E-state index contributed by atoms with van der Waals surface area (Å²) in [6.07, 6.45) is -0.615. The Morgan fingerprint density at radius 1 is 1.26 bits per heavy atom. The minimum Gasteiger partial charge on any atom is -0.392 e. The van der Waals surface area contributed by atoms with Gasteiger partial charge in [-0.2, -0.15) is 0 Å². The number of aliphatic hydroxyl groups is 1. The molecule has 23 heavy (non-hydrogen) atoms. The average Bonchev–Trinajstić information content (AvgIpc) is 2.48. The molecule has 128 valence electrons. The van der Waals surface area contributed by atoms with E-state index < -0.39 is 29.2 Å². The third kappa shape index (κ3) is 5.03. The van der Waals surface area contributed by atoms with Gasteiger partial charge in [0, 0.05) is 23.2 Å². The zero-order chi connectivity index (χ0) is 17.8. The molecule has 0 aliphatic heterocycles. The van der Waals surface area contributed by atoms with E-state index in [0.717, 1.165) is 0 Å². The molecule has 5 nitrogen and oxygen atoms in total. The van der Waals surface area contributed by atoms with Gasteiger partial charge in [0.15, 0.2) is 0 Å². The number of nitrogens with one attached hydrogen (secondary N) is 2. The molecule has 0 radical (unpaired) electrons. The number of carbonyl (C=O) groups excluding carboxylic acids is 2. The number of rotatable bonds is 5. The Kier molecular flexibility index (Phi) is 6.27. The summed E-state index contributed by atoms with van der Waals surface area (Å²) in [6, 6.07) is 4.26. The third-order valence-electron chi connectivity index (χ3n) is 3.86. The van der Waals surface area contributed by atoms with Crippen LogP contribution in [0.15, 0.2) is 18.2 Å². The molecule has 0 bridgehead atoms. The Hall–Kier alpha value is -1.95. The molecule has 0 aromatic heterocycles. The Bertz CT molecular complexity index is 585. The van der Waals surface area contributed by atoms with Crippen LogP contribution in [0.4, 0.5) is 10.1 Å². The summed E-state index contributed by atoms with van der Waals surface area (Å²) >= 11 is 0. The highest BCUT2D eigenvalue weighted by Crippen LogP contribution is 2.25. The second-order valence-electron chi connectivity index (χ2n) is 6.73. The molecule has 0 saturated carbocycles. The molecule has 0 spiro atoms. The second kappa shape index (κ2) is 7.55. The first-order valence-corrected chi connectivity index (χ1v) is 7.58. The van der Waals surface area contributed by atoms with Crippen LogP contribution >= 0.6 is 0 Å². The lowest BCUT2D eigenvalue weighted by atomic mass is 9.81. The van der Waals surface area contributed by atoms with Crippen LogP contribution in [0.3, 0.4) is 0 Å². The van der Waals surface area contributed by atoms with E-state index in [1.54, 1.807) is 0 Å². The van der Waals surface area contributed by atoms with E-state index >= 15 is 0 Å². The van der Waals surface area contributed by atoms with Crippen molar-refractivity contribution in [1.29, 1.82) is 0 Å². The predicted octanol–water partition coefficient (Wildman–Crippen LogP) is 2.23. The molecule has 3 N–H and O–H groups in total. The van der Waals surface area contributed by atoms with Gasteiger partial charge in [0.1, 0.15) is 5.82 Å². The molecule has 0 saturated heterocycles. The van der Waals surface area contributed by atoms with E-state index in [1.165, 1.54) is 25.1 Å². The zero-order valence-corrected chi connectivity index (χ0v) is 14.2. The van der Waals surface area contributed by atoms with Crippen LogP contribution in [0.2, 0.25) is 0 Å². The van der Waals surface area contributed by atoms with Gasteiger partial charge in [0.05, 0.1) is 6.10 Å². The zero-order valence-electron chi connectivity index (χ0n) is 14.2. The number of hydrogen-bond acceptors (Lipinski definition) is 3. The molecule has 1 atom stereocenters. The van der Waals surface area contributed by atoms with Crippen LogP contribution in [-0.4, -0.2) is 29.6 Å². The molecule has 2 amide bonds. The van der Waals surface area contributed by atoms with E-state index in [2.05, 4.69) is 10.6 Å². The van der Waals surface area contributed by atoms with Crippen LogP contribution in [0.1, 0.15) is 33.3 Å². The third-order valence-corrected chi connectivity index (χ3v) is 3.86. The SMILES string of the molecule is Cc1c(F)cccc1NC(=O)C(=O)NCC(C)(C)C(O)C(C)C. The lowest BCUT2D eigenvalue weighted by molar-refractivity contribution is -0.136. The summed E-state index contributed by atoms with van der Waals surface area (Å²) in [4.78, 5) is 23.8. The van der Waals surface area contributed by atoms with Crippen molar-refractivity contribution in [3.05, 3.63) is 29.6 Å². The number of carbonyl (C=O) groups is 2. The first kappa shape index (κ1) is 19.1. The van der Waals surface area contributed by atoms with Crippen molar-refractivity contribution < 1.29 is 19.1 Å². The van der Waals surface area contributed by atoms with Crippen LogP contribution in [-0.2, 0) is 9.59 Å². The van der Waals surface area contributed by atoms with E-state index in [4.69, 9.17) is 0 Å². The topological polar surface area (TPSA) is 78.4 Å². The summed E-state index contributed by atoms with van der Waals surface area (Å²) in [6.45, 7) is 9.06. The van der Waals surface area contributed by atoms with Gasteiger partial charge in [-0.05, 0) is 25.0 Å². The number of amides is 2. The smallest absolute Gasteiger partial charge is 0.313 e. The molecule has 1 unspecified atom stereocenters. The summed E-state index contributed by atoms with van der Waals surface area (Å²) in [7, 11) is 0. The van der Waals surface area contributed by atoms with E-state index in [-0.39, 0.29) is 23.7 Å². The van der Waals surface area contributed by atoms with Crippen LogP contribution in [0.25, 0.3) is 0 Å². The maximum atomic E-state index is 13.4. The highest BCUT2D eigenvalue weighted by molar-refractivity contribution is 6.39. The molecular weight excluding hydrogens is 299 g/mol. The average molecular weight is 324 g/mol. The number of anilines is 1. The standard InChI is InChI=1S/C17H25FN2O3/c1-10(2)14(21)17(4,5)9-19-15(22)16(23)20-13-8-6-7-12(18)11(13)3/h6-8,10,14,21H,9H2,1-5H3,(H,19,22)(H,20,23). The molecule has 1 aromatic rings. The van der Waals surface area contributed by atoms with Gasteiger partial charge in [-0.15, -0.1) is 0 Å². The minimum absolute atomic E-state index is 0.0330. The van der Waals surface area contributed by atoms with Crippen molar-refractivity contribution in [2.75, 3.05) is 11.9 Å². The Morgan fingerprint density at radius 2 is 1.87 bits per heavy atom. The predicted molar refractivity (Wildman–Crippen MR) is 87.4 cm³/mol. The molecule has 6 heteroatoms.